The average Bonchev–Trinajstić information content (AvgIpc) is 2.71. The number of phenolic OH excluding ortho intramolecular Hbond substituents is 1. The molecule has 0 saturated carbocycles. The monoisotopic (exact) mass is 225 g/mol. The number of fused-ring (bicyclic) bond motifs is 1. The number of rotatable bonds is 2. The van der Waals surface area contributed by atoms with Gasteiger partial charge in [-0.2, -0.15) is 0 Å². The smallest absolute Gasteiger partial charge is 0.205 e. The topological polar surface area (TPSA) is 60.9 Å². The highest BCUT2D eigenvalue weighted by Gasteiger charge is 2.03. The first kappa shape index (κ1) is 9.72. The molecular weight excluding hydrogens is 214 g/mol. The summed E-state index contributed by atoms with van der Waals surface area (Å²) in [6, 6.07) is 14.8. The van der Waals surface area contributed by atoms with Gasteiger partial charge in [0.25, 0.3) is 0 Å². The minimum Gasteiger partial charge on any atom is -0.508 e. The Morgan fingerprint density at radius 3 is 2.71 bits per heavy atom. The van der Waals surface area contributed by atoms with E-state index in [0.29, 0.717) is 5.95 Å². The number of benzene rings is 2. The number of aromatic amines is 1. The predicted molar refractivity (Wildman–Crippen MR) is 67.5 cm³/mol. The van der Waals surface area contributed by atoms with Crippen molar-refractivity contribution in [1.29, 1.82) is 0 Å². The molecule has 17 heavy (non-hydrogen) atoms. The standard InChI is InChI=1S/C13H11N3O/c17-10-6-7-11-12(8-10)16-13(15-11)14-9-4-2-1-3-5-9/h1-8,17H,(H2,14,15,16). The lowest BCUT2D eigenvalue weighted by atomic mass is 10.3. The van der Waals surface area contributed by atoms with Gasteiger partial charge in [0.15, 0.2) is 0 Å². The summed E-state index contributed by atoms with van der Waals surface area (Å²) in [5, 5.41) is 12.5. The number of aromatic nitrogens is 2. The summed E-state index contributed by atoms with van der Waals surface area (Å²) in [4.78, 5) is 7.47. The molecule has 84 valence electrons. The second kappa shape index (κ2) is 3.83. The molecule has 0 aliphatic carbocycles. The van der Waals surface area contributed by atoms with Gasteiger partial charge in [0.2, 0.25) is 5.95 Å². The van der Waals surface area contributed by atoms with Gasteiger partial charge < -0.3 is 15.4 Å². The molecule has 1 heterocycles. The van der Waals surface area contributed by atoms with E-state index in [-0.39, 0.29) is 5.75 Å². The van der Waals surface area contributed by atoms with E-state index in [0.717, 1.165) is 16.7 Å². The van der Waals surface area contributed by atoms with E-state index in [1.165, 1.54) is 0 Å². The summed E-state index contributed by atoms with van der Waals surface area (Å²) in [6.07, 6.45) is 0. The van der Waals surface area contributed by atoms with E-state index in [9.17, 15) is 5.11 Å². The largest absolute Gasteiger partial charge is 0.508 e. The lowest BCUT2D eigenvalue weighted by Gasteiger charge is -2.00. The molecule has 0 fully saturated rings. The van der Waals surface area contributed by atoms with Gasteiger partial charge in [-0.05, 0) is 24.3 Å². The van der Waals surface area contributed by atoms with Crippen LogP contribution in [0.25, 0.3) is 11.0 Å². The van der Waals surface area contributed by atoms with E-state index >= 15 is 0 Å². The maximum absolute atomic E-state index is 9.36. The molecule has 0 bridgehead atoms. The van der Waals surface area contributed by atoms with E-state index in [1.54, 1.807) is 18.2 Å². The first-order valence-corrected chi connectivity index (χ1v) is 5.32. The summed E-state index contributed by atoms with van der Waals surface area (Å²) < 4.78 is 0. The number of aromatic hydroxyl groups is 1. The van der Waals surface area contributed by atoms with Crippen LogP contribution in [-0.2, 0) is 0 Å². The maximum Gasteiger partial charge on any atom is 0.205 e. The molecule has 0 amide bonds. The van der Waals surface area contributed by atoms with Crippen LogP contribution in [0.4, 0.5) is 11.6 Å². The summed E-state index contributed by atoms with van der Waals surface area (Å²) in [5.41, 5.74) is 2.60. The van der Waals surface area contributed by atoms with Gasteiger partial charge in [-0.25, -0.2) is 4.98 Å². The molecule has 3 aromatic rings. The summed E-state index contributed by atoms with van der Waals surface area (Å²) in [7, 11) is 0. The molecule has 0 unspecified atom stereocenters. The fourth-order valence-electron chi connectivity index (χ4n) is 1.72. The molecule has 0 aliphatic rings. The lowest BCUT2D eigenvalue weighted by molar-refractivity contribution is 0.476. The van der Waals surface area contributed by atoms with Crippen molar-refractivity contribution in [1.82, 2.24) is 9.97 Å². The number of imidazole rings is 1. The quantitative estimate of drug-likeness (QED) is 0.628. The van der Waals surface area contributed by atoms with Crippen molar-refractivity contribution in [2.24, 2.45) is 0 Å². The molecule has 0 spiro atoms. The van der Waals surface area contributed by atoms with Crippen LogP contribution in [0.3, 0.4) is 0 Å². The van der Waals surface area contributed by atoms with Crippen LogP contribution < -0.4 is 5.32 Å². The molecule has 3 rings (SSSR count). The zero-order valence-electron chi connectivity index (χ0n) is 9.01. The zero-order chi connectivity index (χ0) is 11.7. The number of H-pyrrole nitrogens is 1. The van der Waals surface area contributed by atoms with Gasteiger partial charge in [-0.1, -0.05) is 18.2 Å². The third kappa shape index (κ3) is 1.92. The van der Waals surface area contributed by atoms with Crippen LogP contribution in [0.5, 0.6) is 5.75 Å². The van der Waals surface area contributed by atoms with E-state index in [1.807, 2.05) is 30.3 Å². The van der Waals surface area contributed by atoms with Crippen LogP contribution in [0.2, 0.25) is 0 Å². The molecule has 4 heteroatoms. The van der Waals surface area contributed by atoms with Gasteiger partial charge in [-0.15, -0.1) is 0 Å². The van der Waals surface area contributed by atoms with Gasteiger partial charge in [0.05, 0.1) is 11.0 Å². The Bertz CT molecular complexity index is 646. The highest BCUT2D eigenvalue weighted by Crippen LogP contribution is 2.21. The molecule has 0 aliphatic heterocycles. The van der Waals surface area contributed by atoms with Crippen LogP contribution in [0.1, 0.15) is 0 Å². The second-order valence-electron chi connectivity index (χ2n) is 3.78. The number of hydrogen-bond donors (Lipinski definition) is 3. The predicted octanol–water partition coefficient (Wildman–Crippen LogP) is 3.01. The van der Waals surface area contributed by atoms with Crippen LogP contribution >= 0.6 is 0 Å². The Morgan fingerprint density at radius 1 is 1.06 bits per heavy atom. The number of nitrogens with one attached hydrogen (secondary N) is 2. The zero-order valence-corrected chi connectivity index (χ0v) is 9.01. The molecular formula is C13H11N3O. The average molecular weight is 225 g/mol. The number of para-hydroxylation sites is 1. The van der Waals surface area contributed by atoms with Crippen molar-refractivity contribution in [2.75, 3.05) is 5.32 Å². The summed E-state index contributed by atoms with van der Waals surface area (Å²) >= 11 is 0. The van der Waals surface area contributed by atoms with Gasteiger partial charge in [0.1, 0.15) is 5.75 Å². The van der Waals surface area contributed by atoms with Crippen LogP contribution in [0.15, 0.2) is 48.5 Å². The summed E-state index contributed by atoms with van der Waals surface area (Å²) in [5.74, 6) is 0.893. The minimum atomic E-state index is 0.229. The van der Waals surface area contributed by atoms with Crippen molar-refractivity contribution in [2.45, 2.75) is 0 Å². The molecule has 0 saturated heterocycles. The molecule has 4 nitrogen and oxygen atoms in total. The van der Waals surface area contributed by atoms with Gasteiger partial charge in [0, 0.05) is 11.8 Å². The van der Waals surface area contributed by atoms with E-state index in [4.69, 9.17) is 0 Å². The fraction of sp³-hybridized carbons (Fsp3) is 0. The number of hydrogen-bond acceptors (Lipinski definition) is 3. The van der Waals surface area contributed by atoms with Crippen molar-refractivity contribution >= 4 is 22.7 Å². The Labute approximate surface area is 97.9 Å². The highest BCUT2D eigenvalue weighted by atomic mass is 16.3. The normalized spacial score (nSPS) is 10.6. The van der Waals surface area contributed by atoms with Gasteiger partial charge in [-0.3, -0.25) is 0 Å². The van der Waals surface area contributed by atoms with Crippen molar-refractivity contribution in [3.05, 3.63) is 48.5 Å². The first-order valence-electron chi connectivity index (χ1n) is 5.32. The molecule has 0 atom stereocenters. The van der Waals surface area contributed by atoms with E-state index < -0.39 is 0 Å². The molecule has 2 aromatic carbocycles. The second-order valence-corrected chi connectivity index (χ2v) is 3.78. The Hall–Kier alpha value is -2.49. The maximum atomic E-state index is 9.36. The summed E-state index contributed by atoms with van der Waals surface area (Å²) in [6.45, 7) is 0. The van der Waals surface area contributed by atoms with Crippen LogP contribution in [0, 0.1) is 0 Å². The molecule has 0 radical (unpaired) electrons. The lowest BCUT2D eigenvalue weighted by Crippen LogP contribution is -1.90. The Morgan fingerprint density at radius 2 is 1.88 bits per heavy atom. The van der Waals surface area contributed by atoms with Crippen molar-refractivity contribution in [3.63, 3.8) is 0 Å². The van der Waals surface area contributed by atoms with E-state index in [2.05, 4.69) is 15.3 Å². The number of nitrogens with zero attached hydrogens (tertiary/aromatic N) is 1. The minimum absolute atomic E-state index is 0.229. The highest BCUT2D eigenvalue weighted by molar-refractivity contribution is 5.79. The SMILES string of the molecule is Oc1ccc2nc(Nc3ccccc3)[nH]c2c1. The van der Waals surface area contributed by atoms with Crippen molar-refractivity contribution < 1.29 is 5.11 Å². The fourth-order valence-corrected chi connectivity index (χ4v) is 1.72. The third-order valence-electron chi connectivity index (χ3n) is 2.50. The third-order valence-corrected chi connectivity index (χ3v) is 2.50. The Balaban J connectivity index is 1.96. The first-order chi connectivity index (χ1) is 8.31. The number of anilines is 2. The Kier molecular flexibility index (Phi) is 2.19. The molecule has 3 N–H and O–H groups in total. The molecule has 1 aromatic heterocycles. The number of phenols is 1. The van der Waals surface area contributed by atoms with Crippen molar-refractivity contribution in [3.8, 4) is 5.75 Å². The van der Waals surface area contributed by atoms with Crippen LogP contribution in [-0.4, -0.2) is 15.1 Å². The van der Waals surface area contributed by atoms with Gasteiger partial charge >= 0.3 is 0 Å².